The van der Waals surface area contributed by atoms with Gasteiger partial charge in [-0.3, -0.25) is 9.25 Å². The summed E-state index contributed by atoms with van der Waals surface area (Å²) in [7, 11) is -2.62. The van der Waals surface area contributed by atoms with Gasteiger partial charge in [-0.2, -0.15) is 18.3 Å². The number of halogens is 4. The number of pyridine rings is 1. The normalized spacial score (nSPS) is 12.8. The molecule has 0 atom stereocenters. The van der Waals surface area contributed by atoms with Crippen LogP contribution in [-0.2, 0) is 29.7 Å². The van der Waals surface area contributed by atoms with Crippen LogP contribution in [0.4, 0.5) is 13.2 Å². The van der Waals surface area contributed by atoms with Crippen molar-refractivity contribution in [3.63, 3.8) is 0 Å². The van der Waals surface area contributed by atoms with Crippen molar-refractivity contribution in [1.29, 1.82) is 0 Å². The lowest BCUT2D eigenvalue weighted by Crippen LogP contribution is -2.20. The average Bonchev–Trinajstić information content (AvgIpc) is 3.04. The maximum absolute atomic E-state index is 13.4. The Balaban J connectivity index is 2.23. The molecular formula is C14H13ClF3N5O2S. The highest BCUT2D eigenvalue weighted by Crippen LogP contribution is 2.35. The van der Waals surface area contributed by atoms with E-state index in [0.29, 0.717) is 16.1 Å². The van der Waals surface area contributed by atoms with Gasteiger partial charge in [0, 0.05) is 30.4 Å². The molecule has 3 aromatic rings. The Bertz CT molecular complexity index is 1090. The zero-order chi connectivity index (χ0) is 19.3. The molecular weight excluding hydrogens is 395 g/mol. The molecule has 0 spiro atoms. The van der Waals surface area contributed by atoms with Crippen molar-refractivity contribution in [2.75, 3.05) is 5.75 Å². The number of aryl methyl sites for hydroxylation is 1. The average molecular weight is 408 g/mol. The van der Waals surface area contributed by atoms with Gasteiger partial charge < -0.3 is 0 Å². The smallest absolute Gasteiger partial charge is 0.285 e. The summed E-state index contributed by atoms with van der Waals surface area (Å²) >= 11 is 5.88. The van der Waals surface area contributed by atoms with Crippen LogP contribution in [0.2, 0.25) is 5.02 Å². The van der Waals surface area contributed by atoms with Crippen LogP contribution in [-0.4, -0.2) is 33.5 Å². The Morgan fingerprint density at radius 1 is 1.35 bits per heavy atom. The first-order valence-electron chi connectivity index (χ1n) is 7.24. The fraction of sp³-hybridized carbons (Fsp3) is 0.286. The molecule has 12 heteroatoms. The van der Waals surface area contributed by atoms with Gasteiger partial charge in [0.25, 0.3) is 0 Å². The van der Waals surface area contributed by atoms with E-state index in [1.165, 1.54) is 24.0 Å². The molecule has 0 aliphatic carbocycles. The SMILES string of the molecule is Cn1nc(C(F)(F)F)c(CCS(N)(=O)=O)c1-n1ccc2cc(Cl)cnc21. The summed E-state index contributed by atoms with van der Waals surface area (Å²) in [6.45, 7) is 0. The highest BCUT2D eigenvalue weighted by molar-refractivity contribution is 7.89. The van der Waals surface area contributed by atoms with E-state index in [-0.39, 0.29) is 11.4 Å². The maximum atomic E-state index is 13.4. The Morgan fingerprint density at radius 3 is 2.65 bits per heavy atom. The number of rotatable bonds is 4. The van der Waals surface area contributed by atoms with Gasteiger partial charge >= 0.3 is 6.18 Å². The number of aromatic nitrogens is 4. The van der Waals surface area contributed by atoms with Crippen LogP contribution in [0.25, 0.3) is 16.9 Å². The van der Waals surface area contributed by atoms with Crippen LogP contribution in [0.1, 0.15) is 11.3 Å². The molecule has 0 amide bonds. The predicted octanol–water partition coefficient (Wildman–Crippen LogP) is 2.26. The Hall–Kier alpha value is -2.11. The van der Waals surface area contributed by atoms with E-state index in [1.54, 1.807) is 12.1 Å². The highest BCUT2D eigenvalue weighted by atomic mass is 35.5. The second-order valence-corrected chi connectivity index (χ2v) is 7.81. The molecule has 0 saturated carbocycles. The molecule has 0 unspecified atom stereocenters. The van der Waals surface area contributed by atoms with E-state index in [1.807, 2.05) is 0 Å². The lowest BCUT2D eigenvalue weighted by Gasteiger charge is -2.10. The van der Waals surface area contributed by atoms with E-state index < -0.39 is 34.1 Å². The molecule has 0 bridgehead atoms. The molecule has 0 fully saturated rings. The van der Waals surface area contributed by atoms with Crippen molar-refractivity contribution >= 4 is 32.7 Å². The molecule has 26 heavy (non-hydrogen) atoms. The number of nitrogens with zero attached hydrogens (tertiary/aromatic N) is 4. The van der Waals surface area contributed by atoms with E-state index >= 15 is 0 Å². The summed E-state index contributed by atoms with van der Waals surface area (Å²) in [6, 6.07) is 3.25. The summed E-state index contributed by atoms with van der Waals surface area (Å²) in [6.07, 6.45) is -2.30. The number of fused-ring (bicyclic) bond motifs is 1. The van der Waals surface area contributed by atoms with Gasteiger partial charge in [-0.05, 0) is 18.6 Å². The van der Waals surface area contributed by atoms with Crippen molar-refractivity contribution in [2.45, 2.75) is 12.6 Å². The first kappa shape index (κ1) is 18.7. The molecule has 0 aromatic carbocycles. The Labute approximate surface area is 151 Å². The Kier molecular flexibility index (Phi) is 4.49. The standard InChI is InChI=1S/C14H13ClF3N5O2S/c1-22-13(23-4-2-8-6-9(15)7-20-12(8)23)10(3-5-26(19,24)25)11(21-22)14(16,17)18/h2,4,6-7H,3,5H2,1H3,(H2,19,24,25). The minimum absolute atomic E-state index is 0.0609. The number of sulfonamides is 1. The summed E-state index contributed by atoms with van der Waals surface area (Å²) < 4.78 is 65.1. The van der Waals surface area contributed by atoms with Gasteiger partial charge in [-0.1, -0.05) is 11.6 Å². The quantitative estimate of drug-likeness (QED) is 0.717. The number of hydrogen-bond acceptors (Lipinski definition) is 4. The molecule has 3 heterocycles. The van der Waals surface area contributed by atoms with Crippen molar-refractivity contribution in [3.05, 3.63) is 40.8 Å². The molecule has 3 rings (SSSR count). The number of alkyl halides is 3. The molecule has 0 saturated heterocycles. The summed E-state index contributed by atoms with van der Waals surface area (Å²) in [4.78, 5) is 4.15. The maximum Gasteiger partial charge on any atom is 0.435 e. The van der Waals surface area contributed by atoms with Crippen molar-refractivity contribution in [1.82, 2.24) is 19.3 Å². The topological polar surface area (TPSA) is 95.8 Å². The molecule has 7 nitrogen and oxygen atoms in total. The third-order valence-electron chi connectivity index (χ3n) is 3.74. The number of primary sulfonamides is 1. The molecule has 2 N–H and O–H groups in total. The molecule has 0 aliphatic heterocycles. The lowest BCUT2D eigenvalue weighted by molar-refractivity contribution is -0.142. The van der Waals surface area contributed by atoms with E-state index in [0.717, 1.165) is 4.68 Å². The molecule has 0 aliphatic rings. The lowest BCUT2D eigenvalue weighted by atomic mass is 10.1. The van der Waals surface area contributed by atoms with Gasteiger partial charge in [0.05, 0.1) is 10.8 Å². The third-order valence-corrected chi connectivity index (χ3v) is 4.72. The van der Waals surface area contributed by atoms with Crippen molar-refractivity contribution in [3.8, 4) is 5.82 Å². The monoisotopic (exact) mass is 407 g/mol. The summed E-state index contributed by atoms with van der Waals surface area (Å²) in [5.41, 5.74) is -1.07. The first-order valence-corrected chi connectivity index (χ1v) is 9.33. The Morgan fingerprint density at radius 2 is 2.04 bits per heavy atom. The fourth-order valence-electron chi connectivity index (χ4n) is 2.73. The van der Waals surface area contributed by atoms with Crippen LogP contribution < -0.4 is 5.14 Å². The number of nitrogens with two attached hydrogens (primary N) is 1. The fourth-order valence-corrected chi connectivity index (χ4v) is 3.39. The largest absolute Gasteiger partial charge is 0.435 e. The first-order chi connectivity index (χ1) is 12.0. The van der Waals surface area contributed by atoms with Crippen LogP contribution in [0, 0.1) is 0 Å². The second-order valence-electron chi connectivity index (χ2n) is 5.64. The highest BCUT2D eigenvalue weighted by Gasteiger charge is 2.39. The van der Waals surface area contributed by atoms with Crippen molar-refractivity contribution < 1.29 is 21.6 Å². The van der Waals surface area contributed by atoms with Gasteiger partial charge in [0.2, 0.25) is 10.0 Å². The van der Waals surface area contributed by atoms with Crippen LogP contribution in [0.3, 0.4) is 0 Å². The van der Waals surface area contributed by atoms with Crippen molar-refractivity contribution in [2.24, 2.45) is 12.2 Å². The predicted molar refractivity (Wildman–Crippen MR) is 89.5 cm³/mol. The second kappa shape index (κ2) is 6.25. The minimum Gasteiger partial charge on any atom is -0.285 e. The van der Waals surface area contributed by atoms with Crippen LogP contribution in [0.15, 0.2) is 24.5 Å². The summed E-state index contributed by atoms with van der Waals surface area (Å²) in [5.74, 6) is -0.585. The molecule has 140 valence electrons. The summed E-state index contributed by atoms with van der Waals surface area (Å²) in [5, 5.41) is 9.50. The van der Waals surface area contributed by atoms with E-state index in [4.69, 9.17) is 16.7 Å². The van der Waals surface area contributed by atoms with Crippen LogP contribution in [0.5, 0.6) is 0 Å². The van der Waals surface area contributed by atoms with Gasteiger partial charge in [0.15, 0.2) is 5.69 Å². The van der Waals surface area contributed by atoms with E-state index in [2.05, 4.69) is 10.1 Å². The molecule has 3 aromatic heterocycles. The zero-order valence-electron chi connectivity index (χ0n) is 13.3. The third kappa shape index (κ3) is 3.55. The van der Waals surface area contributed by atoms with Gasteiger partial charge in [0.1, 0.15) is 11.5 Å². The van der Waals surface area contributed by atoms with Gasteiger partial charge in [-0.25, -0.2) is 18.5 Å². The minimum atomic E-state index is -4.75. The molecule has 0 radical (unpaired) electrons. The zero-order valence-corrected chi connectivity index (χ0v) is 14.9. The number of hydrogen-bond donors (Lipinski definition) is 1. The van der Waals surface area contributed by atoms with Crippen LogP contribution >= 0.6 is 11.6 Å². The van der Waals surface area contributed by atoms with E-state index in [9.17, 15) is 21.6 Å². The van der Waals surface area contributed by atoms with Gasteiger partial charge in [-0.15, -0.1) is 0 Å².